The van der Waals surface area contributed by atoms with Gasteiger partial charge in [0, 0.05) is 0 Å². The molecule has 0 N–H and O–H groups in total. The first kappa shape index (κ1) is 6.29. The third kappa shape index (κ3) is 0.951. The van der Waals surface area contributed by atoms with Crippen LogP contribution in [0.1, 0.15) is 0 Å². The van der Waals surface area contributed by atoms with E-state index in [-0.39, 0.29) is 10.8 Å². The van der Waals surface area contributed by atoms with Crippen molar-refractivity contribution in [3.63, 3.8) is 0 Å². The zero-order valence-electron chi connectivity index (χ0n) is 3.73. The van der Waals surface area contributed by atoms with Gasteiger partial charge in [-0.15, -0.1) is 0 Å². The molecule has 4 heteroatoms. The Morgan fingerprint density at radius 3 is 2.50 bits per heavy atom. The zero-order chi connectivity index (χ0) is 6.15. The summed E-state index contributed by atoms with van der Waals surface area (Å²) < 4.78 is 5.22. The van der Waals surface area contributed by atoms with Crippen LogP contribution >= 0.6 is 31.9 Å². The summed E-state index contributed by atoms with van der Waals surface area (Å²) in [7, 11) is 0. The second kappa shape index (κ2) is 2.19. The van der Waals surface area contributed by atoms with Gasteiger partial charge in [-0.2, -0.15) is 0 Å². The van der Waals surface area contributed by atoms with Crippen molar-refractivity contribution in [3.8, 4) is 0 Å². The van der Waals surface area contributed by atoms with Gasteiger partial charge in [0.05, 0.1) is 4.48 Å². The van der Waals surface area contributed by atoms with E-state index in [0.717, 1.165) is 4.48 Å². The minimum Gasteiger partial charge on any atom is -0.432 e. The number of carbonyl (C=O) groups is 1. The zero-order valence-corrected chi connectivity index (χ0v) is 6.90. The van der Waals surface area contributed by atoms with Gasteiger partial charge in [-0.3, -0.25) is 4.79 Å². The van der Waals surface area contributed by atoms with Crippen LogP contribution in [-0.4, -0.2) is 10.8 Å². The number of esters is 1. The number of hydrogen-bond donors (Lipinski definition) is 0. The summed E-state index contributed by atoms with van der Waals surface area (Å²) in [6, 6.07) is 0. The van der Waals surface area contributed by atoms with Crippen LogP contribution in [0.3, 0.4) is 0 Å². The molecule has 1 aliphatic heterocycles. The molecule has 0 aromatic rings. The molecular formula is C4H2Br2O2. The summed E-state index contributed by atoms with van der Waals surface area (Å²) >= 11 is 6.19. The highest BCUT2D eigenvalue weighted by Gasteiger charge is 2.24. The van der Waals surface area contributed by atoms with E-state index in [9.17, 15) is 4.79 Å². The number of halogens is 2. The highest BCUT2D eigenvalue weighted by Crippen LogP contribution is 2.25. The van der Waals surface area contributed by atoms with E-state index in [1.54, 1.807) is 0 Å². The summed E-state index contributed by atoms with van der Waals surface area (Å²) in [6.07, 6.45) is 1.38. The SMILES string of the molecule is O=C1OC=C(Br)C1Br. The maximum atomic E-state index is 10.4. The lowest BCUT2D eigenvalue weighted by Gasteiger charge is -1.90. The number of cyclic esters (lactones) is 1. The molecule has 44 valence electrons. The first-order chi connectivity index (χ1) is 3.72. The van der Waals surface area contributed by atoms with E-state index in [0.29, 0.717) is 0 Å². The van der Waals surface area contributed by atoms with E-state index in [1.165, 1.54) is 6.26 Å². The van der Waals surface area contributed by atoms with E-state index in [4.69, 9.17) is 0 Å². The molecule has 0 radical (unpaired) electrons. The Labute approximate surface area is 63.1 Å². The molecule has 0 aromatic heterocycles. The molecule has 2 nitrogen and oxygen atoms in total. The maximum absolute atomic E-state index is 10.4. The predicted molar refractivity (Wildman–Crippen MR) is 35.8 cm³/mol. The number of alkyl halides is 1. The van der Waals surface area contributed by atoms with Crippen LogP contribution in [0.25, 0.3) is 0 Å². The van der Waals surface area contributed by atoms with Crippen LogP contribution in [0.2, 0.25) is 0 Å². The van der Waals surface area contributed by atoms with Crippen molar-refractivity contribution in [1.29, 1.82) is 0 Å². The van der Waals surface area contributed by atoms with Crippen LogP contribution in [0, 0.1) is 0 Å². The fraction of sp³-hybridized carbons (Fsp3) is 0.250. The molecule has 0 saturated heterocycles. The van der Waals surface area contributed by atoms with Gasteiger partial charge in [-0.05, 0) is 0 Å². The molecule has 0 bridgehead atoms. The van der Waals surface area contributed by atoms with Crippen LogP contribution in [0.4, 0.5) is 0 Å². The second-order valence-corrected chi connectivity index (χ2v) is 3.13. The van der Waals surface area contributed by atoms with Gasteiger partial charge in [0.2, 0.25) is 0 Å². The van der Waals surface area contributed by atoms with Crippen LogP contribution in [-0.2, 0) is 9.53 Å². The number of carbonyl (C=O) groups excluding carboxylic acids is 1. The first-order valence-electron chi connectivity index (χ1n) is 1.92. The first-order valence-corrected chi connectivity index (χ1v) is 3.63. The van der Waals surface area contributed by atoms with Gasteiger partial charge in [0.15, 0.2) is 0 Å². The summed E-state index contributed by atoms with van der Waals surface area (Å²) in [6.45, 7) is 0. The molecule has 1 atom stereocenters. The lowest BCUT2D eigenvalue weighted by Crippen LogP contribution is -2.07. The molecule has 0 fully saturated rings. The molecule has 0 aliphatic carbocycles. The van der Waals surface area contributed by atoms with Crippen molar-refractivity contribution in [2.45, 2.75) is 4.83 Å². The fourth-order valence-electron chi connectivity index (χ4n) is 0.346. The van der Waals surface area contributed by atoms with Crippen LogP contribution in [0.5, 0.6) is 0 Å². The molecule has 0 spiro atoms. The molecule has 1 rings (SSSR count). The maximum Gasteiger partial charge on any atom is 0.329 e. The standard InChI is InChI=1S/C4H2Br2O2/c5-2-1-8-4(7)3(2)6/h1,3H. The van der Waals surface area contributed by atoms with E-state index < -0.39 is 0 Å². The normalized spacial score (nSPS) is 27.5. The molecule has 0 saturated carbocycles. The Hall–Kier alpha value is 0.170. The highest BCUT2D eigenvalue weighted by molar-refractivity contribution is 9.14. The lowest BCUT2D eigenvalue weighted by atomic mass is 10.5. The lowest BCUT2D eigenvalue weighted by molar-refractivity contribution is -0.134. The van der Waals surface area contributed by atoms with Crippen molar-refractivity contribution in [2.75, 3.05) is 0 Å². The Balaban J connectivity index is 2.72. The van der Waals surface area contributed by atoms with Crippen LogP contribution in [0.15, 0.2) is 10.7 Å². The van der Waals surface area contributed by atoms with E-state index in [2.05, 4.69) is 36.6 Å². The molecular weight excluding hydrogens is 240 g/mol. The van der Waals surface area contributed by atoms with Gasteiger partial charge in [0.1, 0.15) is 11.1 Å². The van der Waals surface area contributed by atoms with Gasteiger partial charge < -0.3 is 4.74 Å². The van der Waals surface area contributed by atoms with Crippen molar-refractivity contribution in [1.82, 2.24) is 0 Å². The number of rotatable bonds is 0. The quantitative estimate of drug-likeness (QED) is 0.475. The molecule has 8 heavy (non-hydrogen) atoms. The fourth-order valence-corrected chi connectivity index (χ4v) is 0.843. The van der Waals surface area contributed by atoms with Gasteiger partial charge in [0.25, 0.3) is 0 Å². The highest BCUT2D eigenvalue weighted by atomic mass is 79.9. The largest absolute Gasteiger partial charge is 0.432 e. The molecule has 1 heterocycles. The second-order valence-electron chi connectivity index (χ2n) is 1.30. The minimum absolute atomic E-state index is 0.267. The van der Waals surface area contributed by atoms with Crippen molar-refractivity contribution >= 4 is 37.8 Å². The van der Waals surface area contributed by atoms with Crippen molar-refractivity contribution in [3.05, 3.63) is 10.7 Å². The molecule has 0 aromatic carbocycles. The van der Waals surface area contributed by atoms with Gasteiger partial charge in [-0.25, -0.2) is 0 Å². The van der Waals surface area contributed by atoms with E-state index >= 15 is 0 Å². The Kier molecular flexibility index (Phi) is 1.72. The van der Waals surface area contributed by atoms with Crippen LogP contribution < -0.4 is 0 Å². The monoisotopic (exact) mass is 240 g/mol. The van der Waals surface area contributed by atoms with E-state index in [1.807, 2.05) is 0 Å². The minimum atomic E-state index is -0.289. The topological polar surface area (TPSA) is 26.3 Å². The Morgan fingerprint density at radius 2 is 2.38 bits per heavy atom. The van der Waals surface area contributed by atoms with Crippen molar-refractivity contribution in [2.24, 2.45) is 0 Å². The smallest absolute Gasteiger partial charge is 0.329 e. The molecule has 1 unspecified atom stereocenters. The third-order valence-electron chi connectivity index (χ3n) is 0.737. The Morgan fingerprint density at radius 1 is 1.75 bits per heavy atom. The predicted octanol–water partition coefficient (Wildman–Crippen LogP) is 1.54. The summed E-state index contributed by atoms with van der Waals surface area (Å²) in [5.74, 6) is -0.267. The summed E-state index contributed by atoms with van der Waals surface area (Å²) in [4.78, 5) is 10.1. The number of hydrogen-bond acceptors (Lipinski definition) is 2. The summed E-state index contributed by atoms with van der Waals surface area (Å²) in [5.41, 5.74) is 0. The van der Waals surface area contributed by atoms with Crippen molar-refractivity contribution < 1.29 is 9.53 Å². The van der Waals surface area contributed by atoms with Gasteiger partial charge in [-0.1, -0.05) is 31.9 Å². The molecule has 0 amide bonds. The summed E-state index contributed by atoms with van der Waals surface area (Å²) in [5, 5.41) is 0. The molecule has 1 aliphatic rings. The van der Waals surface area contributed by atoms with Gasteiger partial charge >= 0.3 is 5.97 Å². The third-order valence-corrected chi connectivity index (χ3v) is 2.86. The average Bonchev–Trinajstić information content (AvgIpc) is 1.98. The Bertz CT molecular complexity index is 152. The average molecular weight is 242 g/mol. The number of ether oxygens (including phenoxy) is 1.